The van der Waals surface area contributed by atoms with Crippen LogP contribution in [0.4, 0.5) is 14.5 Å². The number of anilines is 1. The molecule has 0 amide bonds. The quantitative estimate of drug-likeness (QED) is 0.809. The first-order chi connectivity index (χ1) is 8.97. The van der Waals surface area contributed by atoms with Crippen molar-refractivity contribution < 1.29 is 17.2 Å². The molecule has 1 aromatic rings. The number of sulfone groups is 1. The number of hydrogen-bond donors (Lipinski definition) is 2. The van der Waals surface area contributed by atoms with E-state index in [0.717, 1.165) is 6.26 Å². The van der Waals surface area contributed by atoms with E-state index in [1.165, 1.54) is 26.0 Å². The van der Waals surface area contributed by atoms with E-state index in [0.29, 0.717) is 0 Å². The Morgan fingerprint density at radius 2 is 1.90 bits per heavy atom. The van der Waals surface area contributed by atoms with Crippen molar-refractivity contribution in [2.24, 2.45) is 5.73 Å². The summed E-state index contributed by atoms with van der Waals surface area (Å²) < 4.78 is 49.4. The molecule has 4 nitrogen and oxygen atoms in total. The monoisotopic (exact) mass is 322 g/mol. The maximum Gasteiger partial charge on any atom is 0.182 e. The second-order valence-electron chi connectivity index (χ2n) is 5.04. The summed E-state index contributed by atoms with van der Waals surface area (Å²) in [5.41, 5.74) is 4.93. The first-order valence-corrected chi connectivity index (χ1v) is 7.98. The molecule has 1 rings (SSSR count). The largest absolute Gasteiger partial charge is 0.389 e. The van der Waals surface area contributed by atoms with E-state index in [4.69, 9.17) is 5.73 Å². The Labute approximate surface area is 122 Å². The van der Waals surface area contributed by atoms with Crippen molar-refractivity contribution >= 4 is 32.7 Å². The predicted molar refractivity (Wildman–Crippen MR) is 79.7 cm³/mol. The van der Waals surface area contributed by atoms with Gasteiger partial charge in [-0.1, -0.05) is 12.2 Å². The second-order valence-corrected chi connectivity index (χ2v) is 8.13. The van der Waals surface area contributed by atoms with Crippen molar-refractivity contribution in [1.29, 1.82) is 0 Å². The van der Waals surface area contributed by atoms with Crippen LogP contribution < -0.4 is 11.1 Å². The SMILES string of the molecule is CC(C)(CNc1ccc(C(N)=S)c(F)c1F)S(C)(=O)=O. The number of nitrogens with one attached hydrogen (secondary N) is 1. The first kappa shape index (κ1) is 16.8. The Morgan fingerprint density at radius 3 is 2.35 bits per heavy atom. The topological polar surface area (TPSA) is 72.2 Å². The van der Waals surface area contributed by atoms with Crippen LogP contribution in [-0.4, -0.2) is 31.0 Å². The molecule has 0 heterocycles. The smallest absolute Gasteiger partial charge is 0.182 e. The summed E-state index contributed by atoms with van der Waals surface area (Å²) in [7, 11) is -3.34. The van der Waals surface area contributed by atoms with Crippen molar-refractivity contribution in [2.75, 3.05) is 18.1 Å². The maximum absolute atomic E-state index is 13.8. The van der Waals surface area contributed by atoms with Gasteiger partial charge in [-0.05, 0) is 26.0 Å². The van der Waals surface area contributed by atoms with Crippen LogP contribution >= 0.6 is 12.2 Å². The van der Waals surface area contributed by atoms with Gasteiger partial charge in [0.2, 0.25) is 0 Å². The van der Waals surface area contributed by atoms with Crippen LogP contribution in [-0.2, 0) is 9.84 Å². The highest BCUT2D eigenvalue weighted by atomic mass is 32.2. The fraction of sp³-hybridized carbons (Fsp3) is 0.417. The van der Waals surface area contributed by atoms with Crippen molar-refractivity contribution in [3.63, 3.8) is 0 Å². The summed E-state index contributed by atoms with van der Waals surface area (Å²) in [5.74, 6) is -2.29. The lowest BCUT2D eigenvalue weighted by molar-refractivity contribution is 0.508. The van der Waals surface area contributed by atoms with Crippen LogP contribution in [0, 0.1) is 11.6 Å². The lowest BCUT2D eigenvalue weighted by atomic mass is 10.1. The Bertz CT molecular complexity index is 643. The highest BCUT2D eigenvalue weighted by molar-refractivity contribution is 7.92. The molecule has 0 aliphatic heterocycles. The molecule has 0 radical (unpaired) electrons. The van der Waals surface area contributed by atoms with Crippen molar-refractivity contribution in [1.82, 2.24) is 0 Å². The zero-order valence-electron chi connectivity index (χ0n) is 11.3. The van der Waals surface area contributed by atoms with E-state index in [1.54, 1.807) is 0 Å². The van der Waals surface area contributed by atoms with Crippen LogP contribution in [0.5, 0.6) is 0 Å². The summed E-state index contributed by atoms with van der Waals surface area (Å²) in [4.78, 5) is -0.246. The minimum absolute atomic E-state index is 0.0609. The average molecular weight is 322 g/mol. The van der Waals surface area contributed by atoms with Gasteiger partial charge in [0, 0.05) is 18.4 Å². The van der Waals surface area contributed by atoms with E-state index < -0.39 is 26.2 Å². The molecule has 1 aromatic carbocycles. The van der Waals surface area contributed by atoms with Crippen molar-refractivity contribution in [3.8, 4) is 0 Å². The number of thiocarbonyl (C=S) groups is 1. The fourth-order valence-electron chi connectivity index (χ4n) is 1.32. The van der Waals surface area contributed by atoms with E-state index in [9.17, 15) is 17.2 Å². The molecule has 0 saturated heterocycles. The van der Waals surface area contributed by atoms with Gasteiger partial charge in [0.1, 0.15) is 4.99 Å². The molecular weight excluding hydrogens is 306 g/mol. The standard InChI is InChI=1S/C12H16F2N2O2S2/c1-12(2,20(3,17)18)6-16-8-5-4-7(11(15)19)9(13)10(8)14/h4-5,16H,6H2,1-3H3,(H2,15,19). The van der Waals surface area contributed by atoms with Gasteiger partial charge in [-0.2, -0.15) is 0 Å². The third-order valence-electron chi connectivity index (χ3n) is 3.06. The van der Waals surface area contributed by atoms with Crippen molar-refractivity contribution in [3.05, 3.63) is 29.3 Å². The zero-order chi connectivity index (χ0) is 15.7. The number of halogens is 2. The molecule has 0 unspecified atom stereocenters. The molecule has 3 N–H and O–H groups in total. The third-order valence-corrected chi connectivity index (χ3v) is 5.43. The van der Waals surface area contributed by atoms with Gasteiger partial charge in [0.25, 0.3) is 0 Å². The number of hydrogen-bond acceptors (Lipinski definition) is 4. The predicted octanol–water partition coefficient (Wildman–Crippen LogP) is 1.83. The Kier molecular flexibility index (Phi) is 4.70. The highest BCUT2D eigenvalue weighted by Crippen LogP contribution is 2.23. The molecule has 0 aliphatic rings. The number of rotatable bonds is 5. The molecule has 0 atom stereocenters. The summed E-state index contributed by atoms with van der Waals surface area (Å²) in [5, 5.41) is 2.59. The van der Waals surface area contributed by atoms with Crippen LogP contribution in [0.15, 0.2) is 12.1 Å². The van der Waals surface area contributed by atoms with Gasteiger partial charge in [-0.25, -0.2) is 17.2 Å². The minimum Gasteiger partial charge on any atom is -0.389 e. The van der Waals surface area contributed by atoms with E-state index in [2.05, 4.69) is 17.5 Å². The third kappa shape index (κ3) is 3.43. The van der Waals surface area contributed by atoms with Crippen LogP contribution in [0.3, 0.4) is 0 Å². The number of nitrogens with two attached hydrogens (primary N) is 1. The Morgan fingerprint density at radius 1 is 1.35 bits per heavy atom. The maximum atomic E-state index is 13.8. The van der Waals surface area contributed by atoms with Crippen LogP contribution in [0.1, 0.15) is 19.4 Å². The number of benzene rings is 1. The first-order valence-electron chi connectivity index (χ1n) is 5.68. The van der Waals surface area contributed by atoms with Gasteiger partial charge in [0.15, 0.2) is 21.5 Å². The van der Waals surface area contributed by atoms with Crippen molar-refractivity contribution in [2.45, 2.75) is 18.6 Å². The summed E-state index contributed by atoms with van der Waals surface area (Å²) in [6.07, 6.45) is 1.08. The van der Waals surface area contributed by atoms with Gasteiger partial charge in [0.05, 0.1) is 10.4 Å². The molecule has 112 valence electrons. The molecule has 0 saturated carbocycles. The molecule has 20 heavy (non-hydrogen) atoms. The molecule has 8 heteroatoms. The van der Waals surface area contributed by atoms with Gasteiger partial charge >= 0.3 is 0 Å². The Hall–Kier alpha value is -1.28. The van der Waals surface area contributed by atoms with Gasteiger partial charge in [-0.3, -0.25) is 0 Å². The average Bonchev–Trinajstić information content (AvgIpc) is 2.29. The molecular formula is C12H16F2N2O2S2. The van der Waals surface area contributed by atoms with Gasteiger partial charge < -0.3 is 11.1 Å². The lowest BCUT2D eigenvalue weighted by Crippen LogP contribution is -2.38. The Balaban J connectivity index is 3.02. The summed E-state index contributed by atoms with van der Waals surface area (Å²) in [6.45, 7) is 2.93. The molecule has 0 bridgehead atoms. The van der Waals surface area contributed by atoms with E-state index in [-0.39, 0.29) is 22.8 Å². The fourth-order valence-corrected chi connectivity index (χ4v) is 1.81. The second kappa shape index (κ2) is 5.61. The van der Waals surface area contributed by atoms with Crippen LogP contribution in [0.25, 0.3) is 0 Å². The molecule has 0 aliphatic carbocycles. The van der Waals surface area contributed by atoms with Gasteiger partial charge in [-0.15, -0.1) is 0 Å². The van der Waals surface area contributed by atoms with E-state index in [1.807, 2.05) is 0 Å². The normalized spacial score (nSPS) is 12.2. The highest BCUT2D eigenvalue weighted by Gasteiger charge is 2.30. The minimum atomic E-state index is -3.34. The molecule has 0 aromatic heterocycles. The van der Waals surface area contributed by atoms with Crippen LogP contribution in [0.2, 0.25) is 0 Å². The lowest BCUT2D eigenvalue weighted by Gasteiger charge is -2.23. The summed E-state index contributed by atoms with van der Waals surface area (Å²) in [6, 6.07) is 2.52. The molecule has 0 spiro atoms. The van der Waals surface area contributed by atoms with E-state index >= 15 is 0 Å². The zero-order valence-corrected chi connectivity index (χ0v) is 13.0. The summed E-state index contributed by atoms with van der Waals surface area (Å²) >= 11 is 4.60. The molecule has 0 fully saturated rings.